The average Bonchev–Trinajstić information content (AvgIpc) is 3.09. The van der Waals surface area contributed by atoms with E-state index in [1.54, 1.807) is 10.7 Å². The van der Waals surface area contributed by atoms with E-state index in [4.69, 9.17) is 4.74 Å². The number of hydrogen-bond acceptors (Lipinski definition) is 7. The van der Waals surface area contributed by atoms with E-state index in [0.717, 1.165) is 37.3 Å². The molecule has 0 bridgehead atoms. The Morgan fingerprint density at radius 1 is 0.923 bits per heavy atom. The SMILES string of the molecule is COC(=O)Nc1cc(C(=O)N2CCCNCC2)ccc1N1CCCN(C(=O)c2cc(C(C)(C)C)nn2C)CC1. The van der Waals surface area contributed by atoms with E-state index in [1.807, 2.05) is 35.0 Å². The first-order chi connectivity index (χ1) is 18.6. The molecule has 39 heavy (non-hydrogen) atoms. The third-order valence-electron chi connectivity index (χ3n) is 7.28. The molecule has 2 aliphatic rings. The molecule has 0 aliphatic carbocycles. The van der Waals surface area contributed by atoms with Gasteiger partial charge in [-0.2, -0.15) is 5.10 Å². The number of methoxy groups -OCH3 is 1. The fraction of sp³-hybridized carbons (Fsp3) is 0.571. The van der Waals surface area contributed by atoms with Crippen LogP contribution < -0.4 is 15.5 Å². The molecule has 1 aromatic carbocycles. The zero-order valence-corrected chi connectivity index (χ0v) is 23.7. The molecule has 0 atom stereocenters. The van der Waals surface area contributed by atoms with Gasteiger partial charge in [0.05, 0.1) is 24.2 Å². The second-order valence-corrected chi connectivity index (χ2v) is 11.2. The van der Waals surface area contributed by atoms with Crippen molar-refractivity contribution in [2.75, 3.05) is 69.7 Å². The lowest BCUT2D eigenvalue weighted by atomic mass is 9.92. The minimum atomic E-state index is -0.600. The summed E-state index contributed by atoms with van der Waals surface area (Å²) < 4.78 is 6.52. The largest absolute Gasteiger partial charge is 0.453 e. The molecule has 2 fully saturated rings. The summed E-state index contributed by atoms with van der Waals surface area (Å²) in [7, 11) is 3.12. The molecular weight excluding hydrogens is 498 g/mol. The molecular formula is C28H41N7O4. The van der Waals surface area contributed by atoms with Gasteiger partial charge in [0, 0.05) is 63.8 Å². The van der Waals surface area contributed by atoms with Crippen LogP contribution in [0.3, 0.4) is 0 Å². The lowest BCUT2D eigenvalue weighted by molar-refractivity contribution is 0.0752. The Bertz CT molecular complexity index is 1200. The smallest absolute Gasteiger partial charge is 0.411 e. The highest BCUT2D eigenvalue weighted by atomic mass is 16.5. The maximum atomic E-state index is 13.4. The molecule has 4 rings (SSSR count). The molecule has 11 nitrogen and oxygen atoms in total. The molecule has 0 unspecified atom stereocenters. The Labute approximate surface area is 230 Å². The van der Waals surface area contributed by atoms with Crippen molar-refractivity contribution >= 4 is 29.3 Å². The molecule has 1 aromatic heterocycles. The van der Waals surface area contributed by atoms with Gasteiger partial charge in [0.15, 0.2) is 0 Å². The summed E-state index contributed by atoms with van der Waals surface area (Å²) >= 11 is 0. The summed E-state index contributed by atoms with van der Waals surface area (Å²) in [6, 6.07) is 7.31. The molecule has 0 spiro atoms. The number of hydrogen-bond donors (Lipinski definition) is 2. The van der Waals surface area contributed by atoms with Crippen molar-refractivity contribution in [3.05, 3.63) is 41.2 Å². The normalized spacial score (nSPS) is 16.9. The third kappa shape index (κ3) is 6.70. The maximum absolute atomic E-state index is 13.4. The van der Waals surface area contributed by atoms with Crippen molar-refractivity contribution in [3.63, 3.8) is 0 Å². The second-order valence-electron chi connectivity index (χ2n) is 11.2. The fourth-order valence-corrected chi connectivity index (χ4v) is 4.99. The number of amides is 3. The number of aryl methyl sites for hydroxylation is 1. The van der Waals surface area contributed by atoms with Crippen molar-refractivity contribution in [2.45, 2.75) is 39.0 Å². The molecule has 0 saturated carbocycles. The van der Waals surface area contributed by atoms with Gasteiger partial charge in [-0.05, 0) is 43.7 Å². The summed E-state index contributed by atoms with van der Waals surface area (Å²) in [5.41, 5.74) is 3.14. The van der Waals surface area contributed by atoms with E-state index in [1.165, 1.54) is 7.11 Å². The van der Waals surface area contributed by atoms with Crippen LogP contribution in [0.15, 0.2) is 24.3 Å². The van der Waals surface area contributed by atoms with Gasteiger partial charge >= 0.3 is 6.09 Å². The van der Waals surface area contributed by atoms with Crippen molar-refractivity contribution in [2.24, 2.45) is 7.05 Å². The van der Waals surface area contributed by atoms with Gasteiger partial charge in [0.1, 0.15) is 5.69 Å². The molecule has 2 N–H and O–H groups in total. The van der Waals surface area contributed by atoms with Gasteiger partial charge in [-0.3, -0.25) is 19.6 Å². The van der Waals surface area contributed by atoms with E-state index in [0.29, 0.717) is 56.2 Å². The number of aromatic nitrogens is 2. The summed E-state index contributed by atoms with van der Waals surface area (Å²) in [4.78, 5) is 44.7. The van der Waals surface area contributed by atoms with Crippen LogP contribution in [0.1, 0.15) is 60.2 Å². The number of benzene rings is 1. The van der Waals surface area contributed by atoms with Crippen LogP contribution in [0.4, 0.5) is 16.2 Å². The Morgan fingerprint density at radius 2 is 1.67 bits per heavy atom. The number of carbonyl (C=O) groups excluding carboxylic acids is 3. The zero-order valence-electron chi connectivity index (χ0n) is 23.7. The van der Waals surface area contributed by atoms with Crippen molar-refractivity contribution in [1.29, 1.82) is 0 Å². The molecule has 2 aliphatic heterocycles. The van der Waals surface area contributed by atoms with Crippen molar-refractivity contribution in [3.8, 4) is 0 Å². The first-order valence-corrected chi connectivity index (χ1v) is 13.7. The van der Waals surface area contributed by atoms with Gasteiger partial charge in [-0.25, -0.2) is 4.79 Å². The first-order valence-electron chi connectivity index (χ1n) is 13.7. The lowest BCUT2D eigenvalue weighted by Gasteiger charge is -2.27. The number of nitrogens with one attached hydrogen (secondary N) is 2. The molecule has 11 heteroatoms. The molecule has 0 radical (unpaired) electrons. The second kappa shape index (κ2) is 12.1. The van der Waals surface area contributed by atoms with Crippen LogP contribution in [0.2, 0.25) is 0 Å². The highest BCUT2D eigenvalue weighted by molar-refractivity contribution is 5.99. The summed E-state index contributed by atoms with van der Waals surface area (Å²) in [6.07, 6.45) is 1.06. The Balaban J connectivity index is 1.53. The van der Waals surface area contributed by atoms with Crippen LogP contribution in [0.25, 0.3) is 0 Å². The molecule has 2 aromatic rings. The molecule has 3 heterocycles. The van der Waals surface area contributed by atoms with E-state index in [-0.39, 0.29) is 17.2 Å². The summed E-state index contributed by atoms with van der Waals surface area (Å²) in [5.74, 6) is -0.0975. The maximum Gasteiger partial charge on any atom is 0.411 e. The van der Waals surface area contributed by atoms with E-state index < -0.39 is 6.09 Å². The highest BCUT2D eigenvalue weighted by Crippen LogP contribution is 2.30. The predicted octanol–water partition coefficient (Wildman–Crippen LogP) is 2.68. The monoisotopic (exact) mass is 539 g/mol. The lowest BCUT2D eigenvalue weighted by Crippen LogP contribution is -2.36. The molecule has 2 saturated heterocycles. The quantitative estimate of drug-likeness (QED) is 0.614. The number of nitrogens with zero attached hydrogens (tertiary/aromatic N) is 5. The van der Waals surface area contributed by atoms with Gasteiger partial charge < -0.3 is 24.8 Å². The molecule has 3 amide bonds. The minimum Gasteiger partial charge on any atom is -0.453 e. The fourth-order valence-electron chi connectivity index (χ4n) is 4.99. The number of rotatable bonds is 4. The minimum absolute atomic E-state index is 0.0388. The standard InChI is InChI=1S/C28H41N7O4/c1-28(2,3)24-19-23(32(4)31-24)26(37)35-14-7-13-33(16-17-35)22-9-8-20(18-21(22)30-27(38)39-5)25(36)34-12-6-10-29-11-15-34/h8-9,18-19,29H,6-7,10-17H2,1-5H3,(H,30,38). The van der Waals surface area contributed by atoms with Gasteiger partial charge in [0.2, 0.25) is 0 Å². The number of anilines is 2. The number of ether oxygens (including phenoxy) is 1. The van der Waals surface area contributed by atoms with E-state index >= 15 is 0 Å². The topological polar surface area (TPSA) is 112 Å². The van der Waals surface area contributed by atoms with Gasteiger partial charge in [-0.1, -0.05) is 20.8 Å². The Morgan fingerprint density at radius 3 is 2.38 bits per heavy atom. The van der Waals surface area contributed by atoms with Crippen LogP contribution in [-0.4, -0.2) is 97.0 Å². The third-order valence-corrected chi connectivity index (χ3v) is 7.28. The zero-order chi connectivity index (χ0) is 28.2. The van der Waals surface area contributed by atoms with Gasteiger partial charge in [-0.15, -0.1) is 0 Å². The first kappa shape index (κ1) is 28.4. The van der Waals surface area contributed by atoms with Gasteiger partial charge in [0.25, 0.3) is 11.8 Å². The van der Waals surface area contributed by atoms with E-state index in [2.05, 4.69) is 41.4 Å². The van der Waals surface area contributed by atoms with Crippen molar-refractivity contribution in [1.82, 2.24) is 24.9 Å². The summed E-state index contributed by atoms with van der Waals surface area (Å²) in [6.45, 7) is 11.6. The van der Waals surface area contributed by atoms with Crippen molar-refractivity contribution < 1.29 is 19.1 Å². The van der Waals surface area contributed by atoms with E-state index in [9.17, 15) is 14.4 Å². The van der Waals surface area contributed by atoms with Crippen LogP contribution in [0.5, 0.6) is 0 Å². The highest BCUT2D eigenvalue weighted by Gasteiger charge is 2.27. The average molecular weight is 540 g/mol. The number of carbonyl (C=O) groups is 3. The van der Waals surface area contributed by atoms with Crippen LogP contribution in [-0.2, 0) is 17.2 Å². The summed E-state index contributed by atoms with van der Waals surface area (Å²) in [5, 5.41) is 10.7. The Kier molecular flexibility index (Phi) is 8.79. The van der Waals surface area contributed by atoms with Crippen LogP contribution >= 0.6 is 0 Å². The Hall–Kier alpha value is -3.60. The molecule has 212 valence electrons. The van der Waals surface area contributed by atoms with Crippen LogP contribution in [0, 0.1) is 0 Å². The predicted molar refractivity (Wildman–Crippen MR) is 151 cm³/mol.